The number of ether oxygens (including phenoxy) is 1. The minimum atomic E-state index is -0.145. The van der Waals surface area contributed by atoms with E-state index in [2.05, 4.69) is 41.2 Å². The first kappa shape index (κ1) is 26.5. The molecule has 0 radical (unpaired) electrons. The highest BCUT2D eigenvalue weighted by Crippen LogP contribution is 2.17. The molecule has 1 aromatic rings. The van der Waals surface area contributed by atoms with Crippen molar-refractivity contribution in [2.24, 2.45) is 16.6 Å². The molecule has 0 bridgehead atoms. The van der Waals surface area contributed by atoms with Crippen molar-refractivity contribution >= 4 is 35.8 Å². The second-order valence-corrected chi connectivity index (χ2v) is 7.67. The van der Waals surface area contributed by atoms with Crippen molar-refractivity contribution < 1.29 is 9.53 Å². The summed E-state index contributed by atoms with van der Waals surface area (Å²) in [6, 6.07) is 8.14. The molecule has 170 valence electrons. The van der Waals surface area contributed by atoms with Crippen LogP contribution in [0.15, 0.2) is 29.3 Å². The van der Waals surface area contributed by atoms with E-state index in [4.69, 9.17) is 15.5 Å². The Morgan fingerprint density at radius 1 is 1.27 bits per heavy atom. The van der Waals surface area contributed by atoms with Crippen molar-refractivity contribution in [1.82, 2.24) is 15.1 Å². The minimum Gasteiger partial charge on any atom is -0.497 e. The van der Waals surface area contributed by atoms with Gasteiger partial charge >= 0.3 is 0 Å². The summed E-state index contributed by atoms with van der Waals surface area (Å²) in [5, 5.41) is 3.38. The molecule has 1 heterocycles. The summed E-state index contributed by atoms with van der Waals surface area (Å²) < 4.78 is 5.22. The molecule has 0 unspecified atom stereocenters. The first-order valence-electron chi connectivity index (χ1n) is 10.7. The molecule has 0 spiro atoms. The molecule has 0 saturated carbocycles. The van der Waals surface area contributed by atoms with Gasteiger partial charge in [-0.05, 0) is 69.9 Å². The predicted molar refractivity (Wildman–Crippen MR) is 133 cm³/mol. The topological polar surface area (TPSA) is 83.2 Å². The molecule has 0 aliphatic carbocycles. The number of amides is 1. The fraction of sp³-hybridized carbons (Fsp3) is 0.636. The summed E-state index contributed by atoms with van der Waals surface area (Å²) in [4.78, 5) is 20.6. The van der Waals surface area contributed by atoms with E-state index in [-0.39, 0.29) is 35.8 Å². The van der Waals surface area contributed by atoms with Crippen molar-refractivity contribution in [1.29, 1.82) is 0 Å². The number of hydrogen-bond acceptors (Lipinski definition) is 4. The Morgan fingerprint density at radius 3 is 2.50 bits per heavy atom. The molecule has 1 saturated heterocycles. The number of primary amides is 1. The zero-order valence-corrected chi connectivity index (χ0v) is 20.9. The van der Waals surface area contributed by atoms with E-state index in [1.54, 1.807) is 7.11 Å². The summed E-state index contributed by atoms with van der Waals surface area (Å²) in [6.07, 6.45) is 3.97. The van der Waals surface area contributed by atoms with E-state index in [0.717, 1.165) is 76.7 Å². The molecule has 1 aromatic carbocycles. The summed E-state index contributed by atoms with van der Waals surface area (Å²) in [7, 11) is 3.74. The van der Waals surface area contributed by atoms with Crippen molar-refractivity contribution in [3.8, 4) is 5.75 Å². The maximum absolute atomic E-state index is 11.2. The molecule has 8 heteroatoms. The SMILES string of the molecule is CCNC(=NCCCCN1CCC(C(N)=O)CC1)N(C)Cc1ccc(OC)cc1.I. The molecule has 30 heavy (non-hydrogen) atoms. The van der Waals surface area contributed by atoms with Crippen LogP contribution in [0.4, 0.5) is 0 Å². The van der Waals surface area contributed by atoms with Crippen molar-refractivity contribution in [3.05, 3.63) is 29.8 Å². The fourth-order valence-electron chi connectivity index (χ4n) is 3.62. The minimum absolute atomic E-state index is 0. The predicted octanol–water partition coefficient (Wildman–Crippen LogP) is 2.69. The van der Waals surface area contributed by atoms with Gasteiger partial charge in [-0.15, -0.1) is 24.0 Å². The van der Waals surface area contributed by atoms with E-state index in [9.17, 15) is 4.79 Å². The molecule has 7 nitrogen and oxygen atoms in total. The Kier molecular flexibility index (Phi) is 12.8. The van der Waals surface area contributed by atoms with Crippen LogP contribution >= 0.6 is 24.0 Å². The Morgan fingerprint density at radius 2 is 1.93 bits per heavy atom. The van der Waals surface area contributed by atoms with Crippen LogP contribution in [0.5, 0.6) is 5.75 Å². The smallest absolute Gasteiger partial charge is 0.220 e. The zero-order chi connectivity index (χ0) is 21.1. The largest absolute Gasteiger partial charge is 0.497 e. The summed E-state index contributed by atoms with van der Waals surface area (Å²) in [5.41, 5.74) is 6.62. The summed E-state index contributed by atoms with van der Waals surface area (Å²) in [5.74, 6) is 1.73. The highest BCUT2D eigenvalue weighted by molar-refractivity contribution is 14.0. The lowest BCUT2D eigenvalue weighted by Gasteiger charge is -2.30. The number of likely N-dealkylation sites (tertiary alicyclic amines) is 1. The molecule has 0 atom stereocenters. The van der Waals surface area contributed by atoms with E-state index in [1.807, 2.05) is 12.1 Å². The number of methoxy groups -OCH3 is 1. The number of hydrogen-bond donors (Lipinski definition) is 2. The molecular formula is C22H38IN5O2. The number of carbonyl (C=O) groups is 1. The van der Waals surface area contributed by atoms with Gasteiger partial charge in [0.25, 0.3) is 0 Å². The number of guanidine groups is 1. The number of halogens is 1. The number of nitrogens with zero attached hydrogens (tertiary/aromatic N) is 3. The van der Waals surface area contributed by atoms with Gasteiger partial charge in [-0.25, -0.2) is 0 Å². The Labute approximate surface area is 198 Å². The lowest BCUT2D eigenvalue weighted by Crippen LogP contribution is -2.39. The number of nitrogens with two attached hydrogens (primary N) is 1. The average Bonchev–Trinajstić information content (AvgIpc) is 2.73. The molecule has 3 N–H and O–H groups in total. The van der Waals surface area contributed by atoms with Gasteiger partial charge < -0.3 is 25.6 Å². The molecule has 1 fully saturated rings. The lowest BCUT2D eigenvalue weighted by molar-refractivity contribution is -0.123. The zero-order valence-electron chi connectivity index (χ0n) is 18.6. The van der Waals surface area contributed by atoms with Crippen LogP contribution in [0.3, 0.4) is 0 Å². The normalized spacial score (nSPS) is 15.4. The monoisotopic (exact) mass is 531 g/mol. The number of rotatable bonds is 10. The fourth-order valence-corrected chi connectivity index (χ4v) is 3.62. The van der Waals surface area contributed by atoms with E-state index in [1.165, 1.54) is 5.56 Å². The van der Waals surface area contributed by atoms with Gasteiger partial charge in [-0.2, -0.15) is 0 Å². The average molecular weight is 531 g/mol. The molecular weight excluding hydrogens is 493 g/mol. The summed E-state index contributed by atoms with van der Waals surface area (Å²) in [6.45, 7) is 7.57. The maximum atomic E-state index is 11.2. The molecule has 1 aliphatic rings. The maximum Gasteiger partial charge on any atom is 0.220 e. The van der Waals surface area contributed by atoms with Gasteiger partial charge in [0.15, 0.2) is 5.96 Å². The number of benzene rings is 1. The number of carbonyl (C=O) groups excluding carboxylic acids is 1. The van der Waals surface area contributed by atoms with Gasteiger partial charge in [-0.3, -0.25) is 9.79 Å². The number of piperidine rings is 1. The van der Waals surface area contributed by atoms with Gasteiger partial charge in [0, 0.05) is 32.6 Å². The molecule has 0 aromatic heterocycles. The second kappa shape index (κ2) is 14.5. The van der Waals surface area contributed by atoms with Crippen LogP contribution in [-0.4, -0.2) is 68.5 Å². The molecule has 1 aliphatic heterocycles. The third kappa shape index (κ3) is 9.07. The van der Waals surface area contributed by atoms with E-state index in [0.29, 0.717) is 0 Å². The first-order valence-corrected chi connectivity index (χ1v) is 10.7. The van der Waals surface area contributed by atoms with Gasteiger partial charge in [0.05, 0.1) is 7.11 Å². The Hall–Kier alpha value is -1.55. The van der Waals surface area contributed by atoms with Crippen molar-refractivity contribution in [3.63, 3.8) is 0 Å². The second-order valence-electron chi connectivity index (χ2n) is 7.67. The molecule has 2 rings (SSSR count). The number of unbranched alkanes of at least 4 members (excludes halogenated alkanes) is 1. The van der Waals surface area contributed by atoms with Crippen LogP contribution in [0, 0.1) is 5.92 Å². The van der Waals surface area contributed by atoms with Crippen molar-refractivity contribution in [2.75, 3.05) is 46.9 Å². The lowest BCUT2D eigenvalue weighted by atomic mass is 9.96. The number of nitrogens with one attached hydrogen (secondary N) is 1. The van der Waals surface area contributed by atoms with Crippen LogP contribution in [0.2, 0.25) is 0 Å². The van der Waals surface area contributed by atoms with Crippen LogP contribution in [0.25, 0.3) is 0 Å². The van der Waals surface area contributed by atoms with E-state index >= 15 is 0 Å². The highest BCUT2D eigenvalue weighted by Gasteiger charge is 2.22. The van der Waals surface area contributed by atoms with Crippen LogP contribution in [0.1, 0.15) is 38.2 Å². The van der Waals surface area contributed by atoms with Gasteiger partial charge in [0.1, 0.15) is 5.75 Å². The summed E-state index contributed by atoms with van der Waals surface area (Å²) >= 11 is 0. The van der Waals surface area contributed by atoms with Crippen LogP contribution in [-0.2, 0) is 11.3 Å². The van der Waals surface area contributed by atoms with E-state index < -0.39 is 0 Å². The Bertz CT molecular complexity index is 645. The standard InChI is InChI=1S/C22H37N5O2.HI/c1-4-24-22(26(2)17-18-7-9-20(29-3)10-8-18)25-13-5-6-14-27-15-11-19(12-16-27)21(23)28;/h7-10,19H,4-6,11-17H2,1-3H3,(H2,23,28)(H,24,25);1H. The first-order chi connectivity index (χ1) is 14.0. The highest BCUT2D eigenvalue weighted by atomic mass is 127. The van der Waals surface area contributed by atoms with Crippen molar-refractivity contribution in [2.45, 2.75) is 39.2 Å². The Balaban J connectivity index is 0.00000450. The quantitative estimate of drug-likeness (QED) is 0.210. The van der Waals surface area contributed by atoms with Crippen LogP contribution < -0.4 is 15.8 Å². The van der Waals surface area contributed by atoms with Gasteiger partial charge in [-0.1, -0.05) is 12.1 Å². The third-order valence-electron chi connectivity index (χ3n) is 5.41. The third-order valence-corrected chi connectivity index (χ3v) is 5.41. The number of aliphatic imine (C=N–C) groups is 1. The van der Waals surface area contributed by atoms with Gasteiger partial charge in [0.2, 0.25) is 5.91 Å². The molecule has 1 amide bonds.